The predicted octanol–water partition coefficient (Wildman–Crippen LogP) is 0.696. The van der Waals surface area contributed by atoms with Crippen LogP contribution in [0.1, 0.15) is 20.8 Å². The second-order valence-electron chi connectivity index (χ2n) is 2.86. The summed E-state index contributed by atoms with van der Waals surface area (Å²) in [7, 11) is 5.32. The molecule has 1 heterocycles. The molecule has 0 aromatic heterocycles. The van der Waals surface area contributed by atoms with E-state index in [9.17, 15) is 4.79 Å². The highest BCUT2D eigenvalue weighted by Crippen LogP contribution is 2.24. The highest BCUT2D eigenvalue weighted by molar-refractivity contribution is 6.35. The lowest BCUT2D eigenvalue weighted by Gasteiger charge is -2.31. The highest BCUT2D eigenvalue weighted by atomic mass is 16.7. The van der Waals surface area contributed by atoms with E-state index < -0.39 is 11.8 Å². The van der Waals surface area contributed by atoms with E-state index in [0.29, 0.717) is 5.76 Å². The molecule has 0 bridgehead atoms. The van der Waals surface area contributed by atoms with Gasteiger partial charge in [0.2, 0.25) is 5.79 Å². The topological polar surface area (TPSA) is 35.5 Å². The van der Waals surface area contributed by atoms with E-state index >= 15 is 0 Å². The van der Waals surface area contributed by atoms with E-state index in [0.717, 1.165) is 0 Å². The zero-order valence-corrected chi connectivity index (χ0v) is 6.80. The first kappa shape index (κ1) is 8.17. The average Bonchev–Trinajstić information content (AvgIpc) is 1.81. The summed E-state index contributed by atoms with van der Waals surface area (Å²) in [5.74, 6) is -0.977. The number of esters is 1. The number of allylic oxidation sites excluding steroid dienone is 1. The Balaban J connectivity index is 2.94. The fourth-order valence-corrected chi connectivity index (χ4v) is 0.866. The molecule has 0 saturated carbocycles. The number of carbonyl (C=O) groups is 1. The number of ether oxygens (including phenoxy) is 2. The first-order valence-corrected chi connectivity index (χ1v) is 3.31. The Morgan fingerprint density at radius 2 is 1.91 bits per heavy atom. The summed E-state index contributed by atoms with van der Waals surface area (Å²) in [5, 5.41) is 0. The molecule has 0 aliphatic carbocycles. The van der Waals surface area contributed by atoms with E-state index in [2.05, 4.69) is 0 Å². The number of hydrogen-bond acceptors (Lipinski definition) is 3. The average molecular weight is 152 g/mol. The van der Waals surface area contributed by atoms with E-state index in [4.69, 9.17) is 17.3 Å². The molecule has 1 rings (SSSR count). The fraction of sp³-hybridized carbons (Fsp3) is 0.571. The largest absolute Gasteiger partial charge is 0.458 e. The van der Waals surface area contributed by atoms with Crippen molar-refractivity contribution in [3.05, 3.63) is 11.2 Å². The van der Waals surface area contributed by atoms with Crippen molar-refractivity contribution in [1.82, 2.24) is 0 Å². The van der Waals surface area contributed by atoms with E-state index in [1.54, 1.807) is 20.8 Å². The van der Waals surface area contributed by atoms with Crippen LogP contribution in [0.4, 0.5) is 0 Å². The molecule has 1 aliphatic heterocycles. The molecule has 11 heavy (non-hydrogen) atoms. The van der Waals surface area contributed by atoms with Gasteiger partial charge in [0, 0.05) is 19.3 Å². The van der Waals surface area contributed by atoms with Crippen molar-refractivity contribution >= 4 is 13.8 Å². The van der Waals surface area contributed by atoms with E-state index in [1.807, 2.05) is 0 Å². The summed E-state index contributed by atoms with van der Waals surface area (Å²) in [6.07, 6.45) is 0. The van der Waals surface area contributed by atoms with Crippen LogP contribution in [0.25, 0.3) is 0 Å². The van der Waals surface area contributed by atoms with Gasteiger partial charge in [-0.3, -0.25) is 0 Å². The summed E-state index contributed by atoms with van der Waals surface area (Å²) in [4.78, 5) is 10.9. The van der Waals surface area contributed by atoms with Gasteiger partial charge < -0.3 is 9.47 Å². The monoisotopic (exact) mass is 152 g/mol. The molecule has 0 N–H and O–H groups in total. The molecule has 4 heteroatoms. The quantitative estimate of drug-likeness (QED) is 0.378. The Labute approximate surface area is 66.8 Å². The lowest BCUT2D eigenvalue weighted by Crippen LogP contribution is -2.36. The van der Waals surface area contributed by atoms with Gasteiger partial charge in [-0.2, -0.15) is 0 Å². The van der Waals surface area contributed by atoms with Crippen molar-refractivity contribution in [2.75, 3.05) is 0 Å². The summed E-state index contributed by atoms with van der Waals surface area (Å²) < 4.78 is 9.98. The van der Waals surface area contributed by atoms with Gasteiger partial charge >= 0.3 is 5.97 Å². The fourth-order valence-electron chi connectivity index (χ4n) is 0.866. The van der Waals surface area contributed by atoms with Crippen LogP contribution in [0.3, 0.4) is 0 Å². The summed E-state index contributed by atoms with van der Waals surface area (Å²) in [6, 6.07) is 0. The van der Waals surface area contributed by atoms with Crippen LogP contribution >= 0.6 is 0 Å². The molecule has 0 fully saturated rings. The molecule has 3 nitrogen and oxygen atoms in total. The van der Waals surface area contributed by atoms with Gasteiger partial charge in [0.15, 0.2) is 0 Å². The SMILES string of the molecule is [B]C1=C(C)OC(C)(C)OC1=O. The van der Waals surface area contributed by atoms with Crippen molar-refractivity contribution < 1.29 is 14.3 Å². The molecule has 0 unspecified atom stereocenters. The van der Waals surface area contributed by atoms with Crippen molar-refractivity contribution in [1.29, 1.82) is 0 Å². The van der Waals surface area contributed by atoms with E-state index in [-0.39, 0.29) is 5.47 Å². The lowest BCUT2D eigenvalue weighted by molar-refractivity contribution is -0.205. The van der Waals surface area contributed by atoms with E-state index in [1.165, 1.54) is 0 Å². The summed E-state index contributed by atoms with van der Waals surface area (Å²) in [5.41, 5.74) is 0.0457. The first-order chi connectivity index (χ1) is 4.92. The van der Waals surface area contributed by atoms with Crippen LogP contribution in [-0.2, 0) is 14.3 Å². The molecule has 2 radical (unpaired) electrons. The second-order valence-corrected chi connectivity index (χ2v) is 2.86. The van der Waals surface area contributed by atoms with Gasteiger partial charge in [0.05, 0.1) is 5.76 Å². The third kappa shape index (κ3) is 1.56. The van der Waals surface area contributed by atoms with Crippen LogP contribution in [0.2, 0.25) is 0 Å². The Kier molecular flexibility index (Phi) is 1.70. The normalized spacial score (nSPS) is 22.6. The van der Waals surface area contributed by atoms with Crippen molar-refractivity contribution in [3.8, 4) is 0 Å². The van der Waals surface area contributed by atoms with Gasteiger partial charge in [-0.1, -0.05) is 0 Å². The molecule has 58 valence electrons. The van der Waals surface area contributed by atoms with Crippen LogP contribution in [0, 0.1) is 0 Å². The Bertz CT molecular complexity index is 230. The summed E-state index contributed by atoms with van der Waals surface area (Å²) in [6.45, 7) is 4.94. The third-order valence-electron chi connectivity index (χ3n) is 1.34. The molecule has 0 spiro atoms. The zero-order valence-electron chi connectivity index (χ0n) is 6.80. The van der Waals surface area contributed by atoms with Gasteiger partial charge in [0.1, 0.15) is 7.85 Å². The minimum atomic E-state index is -0.885. The number of carbonyl (C=O) groups excluding carboxylic acids is 1. The Morgan fingerprint density at radius 1 is 1.36 bits per heavy atom. The van der Waals surface area contributed by atoms with Crippen molar-refractivity contribution in [2.45, 2.75) is 26.6 Å². The maximum absolute atomic E-state index is 10.9. The van der Waals surface area contributed by atoms with Crippen LogP contribution in [0.15, 0.2) is 11.2 Å². The molecule has 0 amide bonds. The minimum absolute atomic E-state index is 0.0457. The smallest absolute Gasteiger partial charge is 0.330 e. The molecule has 0 aromatic carbocycles. The lowest BCUT2D eigenvalue weighted by atomic mass is 9.94. The van der Waals surface area contributed by atoms with Gasteiger partial charge in [0.25, 0.3) is 0 Å². The molecule has 1 aliphatic rings. The number of hydrogen-bond donors (Lipinski definition) is 0. The number of rotatable bonds is 0. The summed E-state index contributed by atoms with van der Waals surface area (Å²) >= 11 is 0. The highest BCUT2D eigenvalue weighted by Gasteiger charge is 2.31. The first-order valence-electron chi connectivity index (χ1n) is 3.31. The number of cyclic esters (lactones) is 1. The maximum Gasteiger partial charge on any atom is 0.330 e. The van der Waals surface area contributed by atoms with Crippen molar-refractivity contribution in [3.63, 3.8) is 0 Å². The van der Waals surface area contributed by atoms with Crippen molar-refractivity contribution in [2.24, 2.45) is 0 Å². The second kappa shape index (κ2) is 2.29. The zero-order chi connectivity index (χ0) is 8.65. The van der Waals surface area contributed by atoms with Crippen LogP contribution < -0.4 is 0 Å². The predicted molar refractivity (Wildman–Crippen MR) is 39.7 cm³/mol. The van der Waals surface area contributed by atoms with Crippen LogP contribution in [0.5, 0.6) is 0 Å². The van der Waals surface area contributed by atoms with Gasteiger partial charge in [-0.25, -0.2) is 4.79 Å². The molecule has 0 atom stereocenters. The molecule has 0 saturated heterocycles. The molecule has 0 aromatic rings. The van der Waals surface area contributed by atoms with Crippen LogP contribution in [-0.4, -0.2) is 19.6 Å². The standard InChI is InChI=1S/C7H9BO3/c1-4-5(8)6(9)11-7(2,3)10-4/h1-3H3. The molecular weight excluding hydrogens is 143 g/mol. The Morgan fingerprint density at radius 3 is 2.36 bits per heavy atom. The Hall–Kier alpha value is -0.925. The third-order valence-corrected chi connectivity index (χ3v) is 1.34. The molecular formula is C7H9BO3. The van der Waals surface area contributed by atoms with Gasteiger partial charge in [-0.05, 0) is 6.92 Å². The maximum atomic E-state index is 10.9. The van der Waals surface area contributed by atoms with Gasteiger partial charge in [-0.15, -0.1) is 0 Å². The minimum Gasteiger partial charge on any atom is -0.458 e.